The van der Waals surface area contributed by atoms with Crippen LogP contribution in [0.4, 0.5) is 8.78 Å². The van der Waals surface area contributed by atoms with Gasteiger partial charge in [-0.1, -0.05) is 25.0 Å². The second-order valence-electron chi connectivity index (χ2n) is 4.93. The number of benzene rings is 1. The lowest BCUT2D eigenvalue weighted by Gasteiger charge is -2.20. The molecule has 1 fully saturated rings. The van der Waals surface area contributed by atoms with Crippen LogP contribution in [0.25, 0.3) is 0 Å². The lowest BCUT2D eigenvalue weighted by Crippen LogP contribution is -2.32. The van der Waals surface area contributed by atoms with Gasteiger partial charge in [-0.25, -0.2) is 8.78 Å². The van der Waals surface area contributed by atoms with Crippen molar-refractivity contribution in [2.24, 2.45) is 5.92 Å². The van der Waals surface area contributed by atoms with Crippen LogP contribution in [0.15, 0.2) is 18.2 Å². The normalized spacial score (nSPS) is 18.5. The fourth-order valence-electron chi connectivity index (χ4n) is 2.58. The average molecular weight is 239 g/mol. The fraction of sp³-hybridized carbons (Fsp3) is 0.571. The van der Waals surface area contributed by atoms with Crippen molar-refractivity contribution in [3.8, 4) is 0 Å². The van der Waals surface area contributed by atoms with E-state index in [1.165, 1.54) is 25.7 Å². The molecule has 1 nitrogen and oxygen atoms in total. The van der Waals surface area contributed by atoms with Gasteiger partial charge in [-0.05, 0) is 31.7 Å². The Labute approximate surface area is 101 Å². The zero-order valence-corrected chi connectivity index (χ0v) is 10.2. The first kappa shape index (κ1) is 12.5. The smallest absolute Gasteiger partial charge is 0.163 e. The molecule has 1 aliphatic rings. The Bertz CT molecular complexity index is 372. The summed E-state index contributed by atoms with van der Waals surface area (Å²) in [7, 11) is 0. The van der Waals surface area contributed by atoms with Crippen molar-refractivity contribution in [2.45, 2.75) is 45.2 Å². The molecule has 0 saturated heterocycles. The summed E-state index contributed by atoms with van der Waals surface area (Å²) in [5.41, 5.74) is 0.412. The van der Waals surface area contributed by atoms with E-state index in [0.29, 0.717) is 24.1 Å². The molecule has 0 spiro atoms. The van der Waals surface area contributed by atoms with E-state index in [1.54, 1.807) is 12.1 Å². The maximum atomic E-state index is 13.4. The Morgan fingerprint density at radius 3 is 2.71 bits per heavy atom. The van der Waals surface area contributed by atoms with Gasteiger partial charge in [0.15, 0.2) is 11.6 Å². The molecule has 1 atom stereocenters. The highest BCUT2D eigenvalue weighted by Crippen LogP contribution is 2.27. The Kier molecular flexibility index (Phi) is 4.11. The molecule has 0 heterocycles. The molecule has 1 aromatic carbocycles. The van der Waals surface area contributed by atoms with E-state index in [4.69, 9.17) is 0 Å². The van der Waals surface area contributed by atoms with E-state index in [0.717, 1.165) is 6.07 Å². The Morgan fingerprint density at radius 1 is 1.29 bits per heavy atom. The summed E-state index contributed by atoms with van der Waals surface area (Å²) in [4.78, 5) is 0. The van der Waals surface area contributed by atoms with Crippen LogP contribution < -0.4 is 5.32 Å². The predicted octanol–water partition coefficient (Wildman–Crippen LogP) is 3.63. The highest BCUT2D eigenvalue weighted by molar-refractivity contribution is 5.18. The molecular formula is C14H19F2N. The zero-order chi connectivity index (χ0) is 12.3. The topological polar surface area (TPSA) is 12.0 Å². The molecule has 1 aliphatic carbocycles. The molecule has 1 saturated carbocycles. The van der Waals surface area contributed by atoms with Crippen LogP contribution in [0.2, 0.25) is 0 Å². The summed E-state index contributed by atoms with van der Waals surface area (Å²) in [6.07, 6.45) is 5.09. The van der Waals surface area contributed by atoms with Crippen LogP contribution in [0.5, 0.6) is 0 Å². The highest BCUT2D eigenvalue weighted by atomic mass is 19.2. The van der Waals surface area contributed by atoms with Crippen LogP contribution in [-0.2, 0) is 6.54 Å². The van der Waals surface area contributed by atoms with E-state index in [-0.39, 0.29) is 0 Å². The lowest BCUT2D eigenvalue weighted by molar-refractivity contribution is 0.376. The zero-order valence-electron chi connectivity index (χ0n) is 10.2. The molecule has 0 aromatic heterocycles. The van der Waals surface area contributed by atoms with Gasteiger partial charge in [0.25, 0.3) is 0 Å². The monoisotopic (exact) mass is 239 g/mol. The van der Waals surface area contributed by atoms with Crippen LogP contribution >= 0.6 is 0 Å². The number of hydrogen-bond acceptors (Lipinski definition) is 1. The number of halogens is 2. The summed E-state index contributed by atoms with van der Waals surface area (Å²) in [5, 5.41) is 3.30. The molecule has 0 bridgehead atoms. The van der Waals surface area contributed by atoms with Gasteiger partial charge in [-0.15, -0.1) is 0 Å². The van der Waals surface area contributed by atoms with E-state index in [9.17, 15) is 8.78 Å². The maximum Gasteiger partial charge on any atom is 0.163 e. The molecule has 0 aliphatic heterocycles. The van der Waals surface area contributed by atoms with Crippen LogP contribution in [0.1, 0.15) is 38.2 Å². The lowest BCUT2D eigenvalue weighted by atomic mass is 9.99. The maximum absolute atomic E-state index is 13.4. The van der Waals surface area contributed by atoms with E-state index >= 15 is 0 Å². The van der Waals surface area contributed by atoms with Crippen molar-refractivity contribution in [2.75, 3.05) is 0 Å². The van der Waals surface area contributed by atoms with E-state index in [2.05, 4.69) is 12.2 Å². The molecule has 1 aromatic rings. The van der Waals surface area contributed by atoms with E-state index in [1.807, 2.05) is 0 Å². The van der Waals surface area contributed by atoms with Crippen molar-refractivity contribution in [3.63, 3.8) is 0 Å². The van der Waals surface area contributed by atoms with Crippen molar-refractivity contribution in [1.29, 1.82) is 0 Å². The molecule has 94 valence electrons. The number of rotatable bonds is 4. The van der Waals surface area contributed by atoms with Gasteiger partial charge < -0.3 is 5.32 Å². The minimum absolute atomic E-state index is 0.375. The van der Waals surface area contributed by atoms with Gasteiger partial charge in [0.05, 0.1) is 0 Å². The number of hydrogen-bond donors (Lipinski definition) is 1. The van der Waals surface area contributed by atoms with Gasteiger partial charge >= 0.3 is 0 Å². The van der Waals surface area contributed by atoms with Gasteiger partial charge in [0, 0.05) is 18.2 Å². The van der Waals surface area contributed by atoms with Crippen LogP contribution in [0, 0.1) is 17.6 Å². The summed E-state index contributed by atoms with van der Waals surface area (Å²) < 4.78 is 26.4. The molecular weight excluding hydrogens is 220 g/mol. The molecule has 1 N–H and O–H groups in total. The fourth-order valence-corrected chi connectivity index (χ4v) is 2.58. The van der Waals surface area contributed by atoms with Gasteiger partial charge in [-0.3, -0.25) is 0 Å². The van der Waals surface area contributed by atoms with Gasteiger partial charge in [0.2, 0.25) is 0 Å². The summed E-state index contributed by atoms with van der Waals surface area (Å²) in [6, 6.07) is 4.71. The van der Waals surface area contributed by atoms with Crippen LogP contribution in [0.3, 0.4) is 0 Å². The molecule has 0 radical (unpaired) electrons. The largest absolute Gasteiger partial charge is 0.310 e. The number of nitrogens with one attached hydrogen (secondary N) is 1. The third-order valence-corrected chi connectivity index (χ3v) is 3.75. The quantitative estimate of drug-likeness (QED) is 0.846. The van der Waals surface area contributed by atoms with Crippen LogP contribution in [-0.4, -0.2) is 6.04 Å². The Balaban J connectivity index is 1.90. The molecule has 3 heteroatoms. The van der Waals surface area contributed by atoms with Crippen molar-refractivity contribution >= 4 is 0 Å². The second kappa shape index (κ2) is 5.58. The Hall–Kier alpha value is -0.960. The average Bonchev–Trinajstić information content (AvgIpc) is 2.84. The van der Waals surface area contributed by atoms with Crippen molar-refractivity contribution in [1.82, 2.24) is 5.32 Å². The van der Waals surface area contributed by atoms with Crippen molar-refractivity contribution < 1.29 is 8.78 Å². The van der Waals surface area contributed by atoms with Gasteiger partial charge in [-0.2, -0.15) is 0 Å². The third-order valence-electron chi connectivity index (χ3n) is 3.75. The van der Waals surface area contributed by atoms with Gasteiger partial charge in [0.1, 0.15) is 0 Å². The summed E-state index contributed by atoms with van der Waals surface area (Å²) >= 11 is 0. The molecule has 2 rings (SSSR count). The standard InChI is InChI=1S/C14H19F2N/c1-10(11-5-2-3-6-11)17-9-12-7-4-8-13(15)14(12)16/h4,7-8,10-11,17H,2-3,5-6,9H2,1H3. The minimum Gasteiger partial charge on any atom is -0.310 e. The minimum atomic E-state index is -0.766. The van der Waals surface area contributed by atoms with Crippen molar-refractivity contribution in [3.05, 3.63) is 35.4 Å². The summed E-state index contributed by atoms with van der Waals surface area (Å²) in [5.74, 6) is -0.803. The van der Waals surface area contributed by atoms with E-state index < -0.39 is 11.6 Å². The highest BCUT2D eigenvalue weighted by Gasteiger charge is 2.21. The summed E-state index contributed by atoms with van der Waals surface area (Å²) in [6.45, 7) is 2.54. The Morgan fingerprint density at radius 2 is 2.00 bits per heavy atom. The SMILES string of the molecule is CC(NCc1cccc(F)c1F)C1CCCC1. The molecule has 0 amide bonds. The first-order valence-corrected chi connectivity index (χ1v) is 6.34. The first-order chi connectivity index (χ1) is 8.18. The first-order valence-electron chi connectivity index (χ1n) is 6.34. The third kappa shape index (κ3) is 3.03. The predicted molar refractivity (Wildman–Crippen MR) is 64.6 cm³/mol. The second-order valence-corrected chi connectivity index (χ2v) is 4.93. The molecule has 17 heavy (non-hydrogen) atoms. The molecule has 1 unspecified atom stereocenters.